The molecule has 18 heavy (non-hydrogen) atoms. The lowest BCUT2D eigenvalue weighted by molar-refractivity contribution is -0.121. The number of aryl methyl sites for hydroxylation is 2. The minimum Gasteiger partial charge on any atom is -0.379 e. The molecule has 1 N–H and O–H groups in total. The summed E-state index contributed by atoms with van der Waals surface area (Å²) in [7, 11) is 0. The molecular weight excluding hydrogens is 294 g/mol. The Hall–Kier alpha value is -0.870. The smallest absolute Gasteiger partial charge is 0.220 e. The molecule has 0 aromatic heterocycles. The quantitative estimate of drug-likeness (QED) is 0.591. The van der Waals surface area contributed by atoms with Crippen LogP contribution >= 0.6 is 15.9 Å². The number of ether oxygens (including phenoxy) is 1. The summed E-state index contributed by atoms with van der Waals surface area (Å²) in [4.78, 5) is 11.6. The SMILES string of the molecule is Cc1cccc(CCC(=O)NCCOCCBr)c1. The van der Waals surface area contributed by atoms with E-state index in [9.17, 15) is 4.79 Å². The maximum atomic E-state index is 11.6. The number of carbonyl (C=O) groups is 1. The van der Waals surface area contributed by atoms with Crippen molar-refractivity contribution in [1.29, 1.82) is 0 Å². The maximum absolute atomic E-state index is 11.6. The van der Waals surface area contributed by atoms with Crippen LogP contribution in [-0.2, 0) is 16.0 Å². The van der Waals surface area contributed by atoms with Crippen LogP contribution in [0.4, 0.5) is 0 Å². The van der Waals surface area contributed by atoms with Gasteiger partial charge >= 0.3 is 0 Å². The molecule has 1 aromatic rings. The van der Waals surface area contributed by atoms with Gasteiger partial charge in [-0.15, -0.1) is 0 Å². The van der Waals surface area contributed by atoms with Gasteiger partial charge in [0.1, 0.15) is 0 Å². The average Bonchev–Trinajstić information content (AvgIpc) is 2.36. The van der Waals surface area contributed by atoms with Crippen molar-refractivity contribution in [1.82, 2.24) is 5.32 Å². The Bertz CT molecular complexity index is 369. The third kappa shape index (κ3) is 6.77. The van der Waals surface area contributed by atoms with Gasteiger partial charge in [0.25, 0.3) is 0 Å². The zero-order valence-corrected chi connectivity index (χ0v) is 12.3. The summed E-state index contributed by atoms with van der Waals surface area (Å²) in [6, 6.07) is 8.26. The van der Waals surface area contributed by atoms with Gasteiger partial charge in [0, 0.05) is 18.3 Å². The van der Waals surface area contributed by atoms with Gasteiger partial charge in [0.2, 0.25) is 5.91 Å². The lowest BCUT2D eigenvalue weighted by Gasteiger charge is -2.06. The van der Waals surface area contributed by atoms with E-state index in [0.29, 0.717) is 26.2 Å². The molecule has 0 unspecified atom stereocenters. The molecule has 0 heterocycles. The van der Waals surface area contributed by atoms with Crippen molar-refractivity contribution in [3.63, 3.8) is 0 Å². The number of carbonyl (C=O) groups excluding carboxylic acids is 1. The van der Waals surface area contributed by atoms with E-state index >= 15 is 0 Å². The van der Waals surface area contributed by atoms with Gasteiger partial charge in [-0.2, -0.15) is 0 Å². The molecule has 100 valence electrons. The highest BCUT2D eigenvalue weighted by molar-refractivity contribution is 9.09. The van der Waals surface area contributed by atoms with Gasteiger partial charge in [-0.05, 0) is 18.9 Å². The average molecular weight is 314 g/mol. The van der Waals surface area contributed by atoms with Gasteiger partial charge in [0.15, 0.2) is 0 Å². The van der Waals surface area contributed by atoms with E-state index in [1.165, 1.54) is 11.1 Å². The first kappa shape index (κ1) is 15.2. The van der Waals surface area contributed by atoms with E-state index in [2.05, 4.69) is 46.4 Å². The first-order valence-corrected chi connectivity index (χ1v) is 7.30. The Morgan fingerprint density at radius 2 is 2.22 bits per heavy atom. The molecule has 0 saturated carbocycles. The van der Waals surface area contributed by atoms with Crippen LogP contribution in [0.3, 0.4) is 0 Å². The van der Waals surface area contributed by atoms with Crippen LogP contribution in [-0.4, -0.2) is 31.0 Å². The highest BCUT2D eigenvalue weighted by atomic mass is 79.9. The van der Waals surface area contributed by atoms with Crippen molar-refractivity contribution in [2.24, 2.45) is 0 Å². The summed E-state index contributed by atoms with van der Waals surface area (Å²) in [5, 5.41) is 3.67. The lowest BCUT2D eigenvalue weighted by Crippen LogP contribution is -2.27. The Morgan fingerprint density at radius 3 is 2.94 bits per heavy atom. The van der Waals surface area contributed by atoms with Crippen LogP contribution in [0.1, 0.15) is 17.5 Å². The summed E-state index contributed by atoms with van der Waals surface area (Å²) in [6.07, 6.45) is 1.32. The second kappa shape index (κ2) is 9.11. The Kier molecular flexibility index (Phi) is 7.69. The number of benzene rings is 1. The van der Waals surface area contributed by atoms with E-state index in [1.807, 2.05) is 6.07 Å². The number of amides is 1. The van der Waals surface area contributed by atoms with Gasteiger partial charge in [-0.25, -0.2) is 0 Å². The predicted molar refractivity (Wildman–Crippen MR) is 77.1 cm³/mol. The molecule has 0 spiro atoms. The molecule has 0 aliphatic rings. The number of rotatable bonds is 8. The van der Waals surface area contributed by atoms with Crippen molar-refractivity contribution in [2.75, 3.05) is 25.1 Å². The Morgan fingerprint density at radius 1 is 1.39 bits per heavy atom. The number of hydrogen-bond acceptors (Lipinski definition) is 2. The van der Waals surface area contributed by atoms with Gasteiger partial charge < -0.3 is 10.1 Å². The van der Waals surface area contributed by atoms with Crippen LogP contribution in [0.25, 0.3) is 0 Å². The number of hydrogen-bond donors (Lipinski definition) is 1. The fraction of sp³-hybridized carbons (Fsp3) is 0.500. The molecule has 1 aromatic carbocycles. The van der Waals surface area contributed by atoms with Crippen molar-refractivity contribution >= 4 is 21.8 Å². The van der Waals surface area contributed by atoms with Gasteiger partial charge in [-0.1, -0.05) is 45.8 Å². The molecule has 0 radical (unpaired) electrons. The summed E-state index contributed by atoms with van der Waals surface area (Å²) < 4.78 is 5.25. The van der Waals surface area contributed by atoms with Gasteiger partial charge in [0.05, 0.1) is 13.2 Å². The molecule has 1 rings (SSSR count). The molecule has 0 atom stereocenters. The van der Waals surface area contributed by atoms with Crippen LogP contribution in [0.5, 0.6) is 0 Å². The summed E-state index contributed by atoms with van der Waals surface area (Å²) >= 11 is 3.27. The van der Waals surface area contributed by atoms with E-state index in [-0.39, 0.29) is 5.91 Å². The minimum atomic E-state index is 0.0824. The monoisotopic (exact) mass is 313 g/mol. The van der Waals surface area contributed by atoms with Gasteiger partial charge in [-0.3, -0.25) is 4.79 Å². The molecule has 0 aliphatic heterocycles. The molecule has 0 fully saturated rings. The minimum absolute atomic E-state index is 0.0824. The standard InChI is InChI=1S/C14H20BrNO2/c1-12-3-2-4-13(11-12)5-6-14(17)16-8-10-18-9-7-15/h2-4,11H,5-10H2,1H3,(H,16,17). The molecular formula is C14H20BrNO2. The van der Waals surface area contributed by atoms with Crippen molar-refractivity contribution in [3.8, 4) is 0 Å². The predicted octanol–water partition coefficient (Wildman–Crippen LogP) is 2.46. The Labute approximate surface area is 117 Å². The summed E-state index contributed by atoms with van der Waals surface area (Å²) in [5.41, 5.74) is 2.44. The second-order valence-corrected chi connectivity index (χ2v) is 4.93. The fourth-order valence-electron chi connectivity index (χ4n) is 1.63. The third-order valence-corrected chi connectivity index (χ3v) is 2.84. The highest BCUT2D eigenvalue weighted by Crippen LogP contribution is 2.06. The molecule has 0 aliphatic carbocycles. The molecule has 3 nitrogen and oxygen atoms in total. The van der Waals surface area contributed by atoms with Crippen LogP contribution < -0.4 is 5.32 Å². The Balaban J connectivity index is 2.13. The van der Waals surface area contributed by atoms with E-state index in [0.717, 1.165) is 11.8 Å². The molecule has 0 bridgehead atoms. The molecule has 1 amide bonds. The second-order valence-electron chi connectivity index (χ2n) is 4.14. The van der Waals surface area contributed by atoms with Crippen molar-refractivity contribution < 1.29 is 9.53 Å². The van der Waals surface area contributed by atoms with Crippen LogP contribution in [0.2, 0.25) is 0 Å². The number of nitrogens with one attached hydrogen (secondary N) is 1. The highest BCUT2D eigenvalue weighted by Gasteiger charge is 2.01. The molecule has 0 saturated heterocycles. The van der Waals surface area contributed by atoms with Crippen LogP contribution in [0.15, 0.2) is 24.3 Å². The first-order valence-electron chi connectivity index (χ1n) is 6.18. The normalized spacial score (nSPS) is 10.3. The zero-order chi connectivity index (χ0) is 13.2. The summed E-state index contributed by atoms with van der Waals surface area (Å²) in [5.74, 6) is 0.0824. The molecule has 4 heteroatoms. The summed E-state index contributed by atoms with van der Waals surface area (Å²) in [6.45, 7) is 3.89. The first-order chi connectivity index (χ1) is 8.72. The maximum Gasteiger partial charge on any atom is 0.220 e. The number of alkyl halides is 1. The lowest BCUT2D eigenvalue weighted by atomic mass is 10.1. The largest absolute Gasteiger partial charge is 0.379 e. The fourth-order valence-corrected chi connectivity index (χ4v) is 1.86. The van der Waals surface area contributed by atoms with E-state index in [4.69, 9.17) is 4.74 Å². The topological polar surface area (TPSA) is 38.3 Å². The zero-order valence-electron chi connectivity index (χ0n) is 10.7. The third-order valence-electron chi connectivity index (χ3n) is 2.51. The van der Waals surface area contributed by atoms with E-state index in [1.54, 1.807) is 0 Å². The van der Waals surface area contributed by atoms with Crippen molar-refractivity contribution in [3.05, 3.63) is 35.4 Å². The number of halogens is 1. The van der Waals surface area contributed by atoms with Crippen LogP contribution in [0, 0.1) is 6.92 Å². The van der Waals surface area contributed by atoms with E-state index < -0.39 is 0 Å². The van der Waals surface area contributed by atoms with Crippen molar-refractivity contribution in [2.45, 2.75) is 19.8 Å².